The van der Waals surface area contributed by atoms with E-state index in [0.717, 1.165) is 25.2 Å². The zero-order valence-electron chi connectivity index (χ0n) is 12.2. The zero-order valence-corrected chi connectivity index (χ0v) is 12.2. The first-order valence-corrected chi connectivity index (χ1v) is 7.40. The maximum atomic E-state index is 11.9. The average Bonchev–Trinajstić information content (AvgIpc) is 2.52. The van der Waals surface area contributed by atoms with Gasteiger partial charge in [0.2, 0.25) is 11.8 Å². The summed E-state index contributed by atoms with van der Waals surface area (Å²) in [7, 11) is 0. The smallest absolute Gasteiger partial charge is 0.244 e. The summed E-state index contributed by atoms with van der Waals surface area (Å²) in [4.78, 5) is 32.0. The van der Waals surface area contributed by atoms with E-state index in [4.69, 9.17) is 0 Å². The van der Waals surface area contributed by atoms with Gasteiger partial charge in [-0.25, -0.2) is 0 Å². The van der Waals surface area contributed by atoms with Gasteiger partial charge in [-0.15, -0.1) is 0 Å². The van der Waals surface area contributed by atoms with Crippen molar-refractivity contribution in [2.24, 2.45) is 0 Å². The molecule has 6 nitrogen and oxygen atoms in total. The number of amides is 2. The van der Waals surface area contributed by atoms with Crippen molar-refractivity contribution in [2.45, 2.75) is 25.9 Å². The van der Waals surface area contributed by atoms with Gasteiger partial charge in [0.1, 0.15) is 6.04 Å². The number of carbonyl (C=O) groups is 2. The molecule has 1 aromatic heterocycles. The van der Waals surface area contributed by atoms with Gasteiger partial charge in [0.25, 0.3) is 0 Å². The monoisotopic (exact) mass is 288 g/mol. The Hall–Kier alpha value is -1.95. The molecule has 3 heterocycles. The second kappa shape index (κ2) is 5.81. The molecule has 2 saturated heterocycles. The number of carbonyl (C=O) groups excluding carboxylic acids is 2. The highest BCUT2D eigenvalue weighted by atomic mass is 16.2. The lowest BCUT2D eigenvalue weighted by atomic mass is 10.1. The quantitative estimate of drug-likeness (QED) is 0.835. The highest BCUT2D eigenvalue weighted by Crippen LogP contribution is 2.15. The molecule has 0 saturated carbocycles. The molecule has 3 rings (SSSR count). The van der Waals surface area contributed by atoms with E-state index >= 15 is 0 Å². The number of hydrogen-bond donors (Lipinski definition) is 1. The Labute approximate surface area is 124 Å². The molecule has 0 aliphatic carbocycles. The van der Waals surface area contributed by atoms with Crippen LogP contribution in [0.25, 0.3) is 0 Å². The molecule has 0 bridgehead atoms. The highest BCUT2D eigenvalue weighted by Gasteiger charge is 2.38. The number of pyridine rings is 1. The van der Waals surface area contributed by atoms with Gasteiger partial charge in [-0.1, -0.05) is 13.0 Å². The van der Waals surface area contributed by atoms with Gasteiger partial charge >= 0.3 is 0 Å². The molecule has 2 aliphatic rings. The normalized spacial score (nSPS) is 22.9. The topological polar surface area (TPSA) is 65.5 Å². The summed E-state index contributed by atoms with van der Waals surface area (Å²) in [6.07, 6.45) is 2.89. The van der Waals surface area contributed by atoms with E-state index in [-0.39, 0.29) is 24.4 Å². The number of piperazine rings is 2. The minimum Gasteiger partial charge on any atom is -0.345 e. The van der Waals surface area contributed by atoms with Crippen LogP contribution in [-0.4, -0.2) is 58.8 Å². The molecule has 1 N–H and O–H groups in total. The van der Waals surface area contributed by atoms with Gasteiger partial charge in [-0.3, -0.25) is 19.5 Å². The third-order valence-corrected chi connectivity index (χ3v) is 4.18. The minimum atomic E-state index is -0.352. The maximum Gasteiger partial charge on any atom is 0.244 e. The molecule has 1 aromatic rings. The van der Waals surface area contributed by atoms with E-state index in [2.05, 4.69) is 28.2 Å². The Balaban J connectivity index is 1.65. The van der Waals surface area contributed by atoms with Crippen LogP contribution in [0.4, 0.5) is 0 Å². The van der Waals surface area contributed by atoms with Crippen molar-refractivity contribution < 1.29 is 9.59 Å². The molecule has 2 amide bonds. The van der Waals surface area contributed by atoms with Crippen molar-refractivity contribution in [3.63, 3.8) is 0 Å². The second-order valence-electron chi connectivity index (χ2n) is 5.57. The SMILES string of the molecule is CCc1ccc(CN2CCN3C(=O)CNC(=O)C3C2)nc1. The summed E-state index contributed by atoms with van der Waals surface area (Å²) in [5, 5.41) is 2.66. The Bertz CT molecular complexity index is 543. The minimum absolute atomic E-state index is 0.0182. The molecule has 21 heavy (non-hydrogen) atoms. The van der Waals surface area contributed by atoms with Crippen LogP contribution in [0.5, 0.6) is 0 Å². The first kappa shape index (κ1) is 14.0. The standard InChI is InChI=1S/C15H20N4O2/c1-2-11-3-4-12(16-7-11)9-18-5-6-19-13(10-18)15(21)17-8-14(19)20/h3-4,7,13H,2,5-6,8-10H2,1H3,(H,17,21). The molecule has 0 aromatic carbocycles. The van der Waals surface area contributed by atoms with Gasteiger partial charge in [0.15, 0.2) is 0 Å². The molecule has 6 heteroatoms. The Morgan fingerprint density at radius 2 is 2.19 bits per heavy atom. The summed E-state index contributed by atoms with van der Waals surface area (Å²) < 4.78 is 0. The third-order valence-electron chi connectivity index (χ3n) is 4.18. The summed E-state index contributed by atoms with van der Waals surface area (Å²) in [6.45, 7) is 4.94. The van der Waals surface area contributed by atoms with E-state index in [9.17, 15) is 9.59 Å². The van der Waals surface area contributed by atoms with Crippen LogP contribution in [0.2, 0.25) is 0 Å². The fraction of sp³-hybridized carbons (Fsp3) is 0.533. The zero-order chi connectivity index (χ0) is 14.8. The lowest BCUT2D eigenvalue weighted by Gasteiger charge is -2.42. The Morgan fingerprint density at radius 3 is 2.90 bits per heavy atom. The molecule has 1 atom stereocenters. The molecule has 112 valence electrons. The fourth-order valence-corrected chi connectivity index (χ4v) is 2.87. The van der Waals surface area contributed by atoms with E-state index in [1.54, 1.807) is 4.90 Å². The van der Waals surface area contributed by atoms with Crippen molar-refractivity contribution in [3.8, 4) is 0 Å². The van der Waals surface area contributed by atoms with Crippen molar-refractivity contribution in [3.05, 3.63) is 29.6 Å². The lowest BCUT2D eigenvalue weighted by Crippen LogP contribution is -2.65. The number of rotatable bonds is 3. The van der Waals surface area contributed by atoms with Gasteiger partial charge in [-0.2, -0.15) is 0 Å². The van der Waals surface area contributed by atoms with Gasteiger partial charge in [0.05, 0.1) is 12.2 Å². The van der Waals surface area contributed by atoms with Gasteiger partial charge < -0.3 is 10.2 Å². The van der Waals surface area contributed by atoms with E-state index < -0.39 is 0 Å². The van der Waals surface area contributed by atoms with E-state index in [1.165, 1.54) is 5.56 Å². The van der Waals surface area contributed by atoms with Crippen LogP contribution in [-0.2, 0) is 22.6 Å². The van der Waals surface area contributed by atoms with Crippen LogP contribution in [0.15, 0.2) is 18.3 Å². The largest absolute Gasteiger partial charge is 0.345 e. The van der Waals surface area contributed by atoms with Gasteiger partial charge in [0, 0.05) is 32.4 Å². The summed E-state index contributed by atoms with van der Waals surface area (Å²) >= 11 is 0. The number of hydrogen-bond acceptors (Lipinski definition) is 4. The van der Waals surface area contributed by atoms with Crippen molar-refractivity contribution in [2.75, 3.05) is 26.2 Å². The molecule has 1 unspecified atom stereocenters. The van der Waals surface area contributed by atoms with Crippen LogP contribution < -0.4 is 5.32 Å². The highest BCUT2D eigenvalue weighted by molar-refractivity contribution is 5.95. The lowest BCUT2D eigenvalue weighted by molar-refractivity contribution is -0.149. The number of nitrogens with one attached hydrogen (secondary N) is 1. The Kier molecular flexibility index (Phi) is 3.88. The molecular formula is C15H20N4O2. The summed E-state index contributed by atoms with van der Waals surface area (Å²) in [5.74, 6) is -0.0294. The molecule has 0 spiro atoms. The van der Waals surface area contributed by atoms with Crippen molar-refractivity contribution >= 4 is 11.8 Å². The number of aryl methyl sites for hydroxylation is 1. The molecule has 2 fully saturated rings. The van der Waals surface area contributed by atoms with Crippen molar-refractivity contribution in [1.29, 1.82) is 0 Å². The van der Waals surface area contributed by atoms with Crippen LogP contribution in [0.1, 0.15) is 18.2 Å². The number of nitrogens with zero attached hydrogens (tertiary/aromatic N) is 3. The summed E-state index contributed by atoms with van der Waals surface area (Å²) in [6, 6.07) is 3.78. The molecule has 0 radical (unpaired) electrons. The molecule has 2 aliphatic heterocycles. The number of aromatic nitrogens is 1. The second-order valence-corrected chi connectivity index (χ2v) is 5.57. The fourth-order valence-electron chi connectivity index (χ4n) is 2.87. The van der Waals surface area contributed by atoms with Gasteiger partial charge in [-0.05, 0) is 18.1 Å². The maximum absolute atomic E-state index is 11.9. The van der Waals surface area contributed by atoms with Crippen molar-refractivity contribution in [1.82, 2.24) is 20.1 Å². The van der Waals surface area contributed by atoms with Crippen LogP contribution in [0, 0.1) is 0 Å². The van der Waals surface area contributed by atoms with Crippen LogP contribution in [0.3, 0.4) is 0 Å². The van der Waals surface area contributed by atoms with E-state index in [0.29, 0.717) is 13.1 Å². The summed E-state index contributed by atoms with van der Waals surface area (Å²) in [5.41, 5.74) is 2.23. The first-order chi connectivity index (χ1) is 10.2. The molecular weight excluding hydrogens is 268 g/mol. The van der Waals surface area contributed by atoms with E-state index in [1.807, 2.05) is 12.3 Å². The third kappa shape index (κ3) is 2.90. The van der Waals surface area contributed by atoms with Crippen LogP contribution >= 0.6 is 0 Å². The predicted octanol–water partition coefficient (Wildman–Crippen LogP) is -0.213. The predicted molar refractivity (Wildman–Crippen MR) is 77.4 cm³/mol. The number of fused-ring (bicyclic) bond motifs is 1. The Morgan fingerprint density at radius 1 is 1.33 bits per heavy atom. The average molecular weight is 288 g/mol. The first-order valence-electron chi connectivity index (χ1n) is 7.40.